The van der Waals surface area contributed by atoms with E-state index in [0.717, 1.165) is 30.6 Å². The molecule has 3 heteroatoms. The van der Waals surface area contributed by atoms with Crippen molar-refractivity contribution in [3.63, 3.8) is 0 Å². The summed E-state index contributed by atoms with van der Waals surface area (Å²) in [6.45, 7) is 10.2. The van der Waals surface area contributed by atoms with Gasteiger partial charge in [0.15, 0.2) is 0 Å². The van der Waals surface area contributed by atoms with E-state index >= 15 is 0 Å². The van der Waals surface area contributed by atoms with Crippen molar-refractivity contribution in [2.45, 2.75) is 40.0 Å². The molecule has 0 aliphatic heterocycles. The van der Waals surface area contributed by atoms with Crippen LogP contribution >= 0.6 is 11.8 Å². The number of carboxylic acid groups (broad SMARTS) is 1. The Hall–Kier alpha value is -0.700. The summed E-state index contributed by atoms with van der Waals surface area (Å²) in [7, 11) is 0. The second kappa shape index (κ2) is 5.09. The van der Waals surface area contributed by atoms with Crippen LogP contribution in [0.1, 0.15) is 40.0 Å². The van der Waals surface area contributed by atoms with Gasteiger partial charge in [0.25, 0.3) is 0 Å². The Morgan fingerprint density at radius 3 is 2.69 bits per heavy atom. The predicted octanol–water partition coefficient (Wildman–Crippen LogP) is 3.84. The molecule has 0 saturated carbocycles. The van der Waals surface area contributed by atoms with Crippen molar-refractivity contribution in [1.82, 2.24) is 0 Å². The summed E-state index contributed by atoms with van der Waals surface area (Å²) in [5.41, 5.74) is 1.45. The van der Waals surface area contributed by atoms with E-state index in [1.54, 1.807) is 11.8 Å². The second-order valence-corrected chi connectivity index (χ2v) is 6.32. The monoisotopic (exact) mass is 240 g/mol. The zero-order valence-electron chi connectivity index (χ0n) is 10.3. The molecular formula is C13H20O2S. The first kappa shape index (κ1) is 13.4. The van der Waals surface area contributed by atoms with Gasteiger partial charge in [-0.15, -0.1) is 11.8 Å². The molecule has 0 saturated heterocycles. The summed E-state index contributed by atoms with van der Waals surface area (Å²) >= 11 is 1.76. The van der Waals surface area contributed by atoms with Crippen molar-refractivity contribution in [1.29, 1.82) is 0 Å². The average Bonchev–Trinajstić information content (AvgIpc) is 2.19. The Balaban J connectivity index is 3.02. The highest BCUT2D eigenvalue weighted by Crippen LogP contribution is 2.44. The van der Waals surface area contributed by atoms with E-state index < -0.39 is 5.97 Å². The van der Waals surface area contributed by atoms with E-state index in [4.69, 9.17) is 5.11 Å². The molecule has 1 aliphatic rings. The molecule has 90 valence electrons. The van der Waals surface area contributed by atoms with Crippen LogP contribution in [0.4, 0.5) is 0 Å². The highest BCUT2D eigenvalue weighted by Gasteiger charge is 2.29. The fourth-order valence-corrected chi connectivity index (χ4v) is 2.97. The van der Waals surface area contributed by atoms with Crippen LogP contribution < -0.4 is 0 Å². The van der Waals surface area contributed by atoms with Crippen molar-refractivity contribution in [2.24, 2.45) is 5.41 Å². The minimum atomic E-state index is -0.887. The lowest BCUT2D eigenvalue weighted by Crippen LogP contribution is -2.20. The number of carboxylic acids is 1. The normalized spacial score (nSPS) is 19.7. The molecule has 0 amide bonds. The van der Waals surface area contributed by atoms with Gasteiger partial charge in [-0.25, -0.2) is 4.79 Å². The molecule has 0 fully saturated rings. The molecule has 0 atom stereocenters. The van der Waals surface area contributed by atoms with Gasteiger partial charge >= 0.3 is 5.97 Å². The maximum Gasteiger partial charge on any atom is 0.335 e. The zero-order valence-corrected chi connectivity index (χ0v) is 11.1. The summed E-state index contributed by atoms with van der Waals surface area (Å²) in [4.78, 5) is 12.2. The van der Waals surface area contributed by atoms with E-state index in [0.29, 0.717) is 0 Å². The molecule has 0 aromatic heterocycles. The van der Waals surface area contributed by atoms with Crippen LogP contribution in [0.5, 0.6) is 0 Å². The Morgan fingerprint density at radius 2 is 2.19 bits per heavy atom. The van der Waals surface area contributed by atoms with Crippen LogP contribution in [0, 0.1) is 5.41 Å². The van der Waals surface area contributed by atoms with Gasteiger partial charge in [-0.3, -0.25) is 0 Å². The summed E-state index contributed by atoms with van der Waals surface area (Å²) in [5, 5.41) is 9.05. The van der Waals surface area contributed by atoms with E-state index in [2.05, 4.69) is 27.4 Å². The molecule has 0 heterocycles. The number of aliphatic carboxylic acids is 1. The topological polar surface area (TPSA) is 37.3 Å². The van der Waals surface area contributed by atoms with Crippen LogP contribution in [-0.4, -0.2) is 16.8 Å². The minimum Gasteiger partial charge on any atom is -0.478 e. The molecule has 16 heavy (non-hydrogen) atoms. The summed E-state index contributed by atoms with van der Waals surface area (Å²) in [5.74, 6) is 0.105. The summed E-state index contributed by atoms with van der Waals surface area (Å²) in [6.07, 6.45) is 2.96. The SMILES string of the molecule is C=C(C(=O)O)C1=C(SCC)CCC(C)(C)C1. The Kier molecular flexibility index (Phi) is 4.25. The summed E-state index contributed by atoms with van der Waals surface area (Å²) < 4.78 is 0. The van der Waals surface area contributed by atoms with Crippen LogP contribution in [0.25, 0.3) is 0 Å². The molecule has 0 unspecified atom stereocenters. The van der Waals surface area contributed by atoms with Crippen LogP contribution in [-0.2, 0) is 4.79 Å². The van der Waals surface area contributed by atoms with Gasteiger partial charge in [0.2, 0.25) is 0 Å². The molecule has 0 radical (unpaired) electrons. The number of allylic oxidation sites excluding steroid dienone is 1. The van der Waals surface area contributed by atoms with E-state index in [-0.39, 0.29) is 11.0 Å². The maximum absolute atomic E-state index is 11.0. The van der Waals surface area contributed by atoms with Crippen molar-refractivity contribution < 1.29 is 9.90 Å². The Morgan fingerprint density at radius 1 is 1.56 bits per heavy atom. The lowest BCUT2D eigenvalue weighted by atomic mass is 9.75. The van der Waals surface area contributed by atoms with Crippen LogP contribution in [0.3, 0.4) is 0 Å². The maximum atomic E-state index is 11.0. The van der Waals surface area contributed by atoms with Gasteiger partial charge in [-0.1, -0.05) is 27.4 Å². The smallest absolute Gasteiger partial charge is 0.335 e. The van der Waals surface area contributed by atoms with Gasteiger partial charge in [0.05, 0.1) is 5.57 Å². The third-order valence-corrected chi connectivity index (χ3v) is 4.05. The van der Waals surface area contributed by atoms with E-state index in [1.165, 1.54) is 4.91 Å². The number of rotatable bonds is 4. The third-order valence-electron chi connectivity index (χ3n) is 2.96. The molecule has 0 spiro atoms. The third kappa shape index (κ3) is 3.14. The second-order valence-electron chi connectivity index (χ2n) is 4.96. The predicted molar refractivity (Wildman–Crippen MR) is 69.6 cm³/mol. The molecule has 1 rings (SSSR count). The Bertz CT molecular complexity index is 340. The van der Waals surface area contributed by atoms with Crippen molar-refractivity contribution in [3.8, 4) is 0 Å². The Labute approximate surface area is 102 Å². The lowest BCUT2D eigenvalue weighted by Gasteiger charge is -2.33. The van der Waals surface area contributed by atoms with Crippen molar-refractivity contribution >= 4 is 17.7 Å². The number of hydrogen-bond donors (Lipinski definition) is 1. The largest absolute Gasteiger partial charge is 0.478 e. The number of hydrogen-bond acceptors (Lipinski definition) is 2. The molecular weight excluding hydrogens is 220 g/mol. The highest BCUT2D eigenvalue weighted by atomic mass is 32.2. The first-order chi connectivity index (χ1) is 7.37. The van der Waals surface area contributed by atoms with Gasteiger partial charge < -0.3 is 5.11 Å². The average molecular weight is 240 g/mol. The van der Waals surface area contributed by atoms with Gasteiger partial charge in [-0.05, 0) is 40.9 Å². The van der Waals surface area contributed by atoms with E-state index in [9.17, 15) is 4.79 Å². The molecule has 0 aromatic carbocycles. The van der Waals surface area contributed by atoms with Crippen molar-refractivity contribution in [3.05, 3.63) is 22.6 Å². The molecule has 2 nitrogen and oxygen atoms in total. The highest BCUT2D eigenvalue weighted by molar-refractivity contribution is 8.03. The van der Waals surface area contributed by atoms with Crippen LogP contribution in [0.2, 0.25) is 0 Å². The van der Waals surface area contributed by atoms with Gasteiger partial charge in [0.1, 0.15) is 0 Å². The molecule has 0 aromatic rings. The zero-order chi connectivity index (χ0) is 12.3. The van der Waals surface area contributed by atoms with Gasteiger partial charge in [-0.2, -0.15) is 0 Å². The quantitative estimate of drug-likeness (QED) is 0.758. The fraction of sp³-hybridized carbons (Fsp3) is 0.615. The standard InChI is InChI=1S/C13H20O2S/c1-5-16-11-6-7-13(3,4)8-10(11)9(2)12(14)15/h2,5-8H2,1,3-4H3,(H,14,15). The molecule has 1 N–H and O–H groups in total. The summed E-state index contributed by atoms with van der Waals surface area (Å²) in [6, 6.07) is 0. The molecule has 1 aliphatic carbocycles. The first-order valence-electron chi connectivity index (χ1n) is 5.65. The minimum absolute atomic E-state index is 0.200. The van der Waals surface area contributed by atoms with Crippen molar-refractivity contribution in [2.75, 3.05) is 5.75 Å². The van der Waals surface area contributed by atoms with Crippen LogP contribution in [0.15, 0.2) is 22.6 Å². The first-order valence-corrected chi connectivity index (χ1v) is 6.63. The number of thioether (sulfide) groups is 1. The molecule has 0 bridgehead atoms. The van der Waals surface area contributed by atoms with Gasteiger partial charge in [0, 0.05) is 0 Å². The lowest BCUT2D eigenvalue weighted by molar-refractivity contribution is -0.132. The van der Waals surface area contributed by atoms with E-state index in [1.807, 2.05) is 0 Å². The fourth-order valence-electron chi connectivity index (χ4n) is 2.01. The number of carbonyl (C=O) groups is 1.